The van der Waals surface area contributed by atoms with Crippen LogP contribution in [0.15, 0.2) is 145 Å². The van der Waals surface area contributed by atoms with E-state index in [9.17, 15) is 0 Å². The van der Waals surface area contributed by atoms with Crippen molar-refractivity contribution in [3.05, 3.63) is 167 Å². The molecule has 0 aliphatic heterocycles. The molecular weight excluding hydrogens is 653 g/mol. The van der Waals surface area contributed by atoms with E-state index in [1.807, 2.05) is 19.1 Å². The zero-order valence-corrected chi connectivity index (χ0v) is 34.3. The number of allylic oxidation sites excluding steroid dienone is 4. The Morgan fingerprint density at radius 1 is 0.537 bits per heavy atom. The zero-order valence-electron chi connectivity index (χ0n) is 34.3. The maximum absolute atomic E-state index is 5.59. The lowest BCUT2D eigenvalue weighted by Crippen LogP contribution is -2.10. The summed E-state index contributed by atoms with van der Waals surface area (Å²) in [6.07, 6.45) is 13.0. The molecule has 8 rings (SSSR count). The van der Waals surface area contributed by atoms with Gasteiger partial charge in [-0.05, 0) is 127 Å². The number of aryl methyl sites for hydroxylation is 4. The summed E-state index contributed by atoms with van der Waals surface area (Å²) < 4.78 is 0. The summed E-state index contributed by atoms with van der Waals surface area (Å²) >= 11 is 0. The SMILES string of the molecule is CC1=CCCC=C1.CCC.CCCC.Cc1ccc(N)c(C)c1.Cc1cccc(N(c2ccccc2)c2ccc3ccc4c(C)ccc5ccc2c3c54)c1. The van der Waals surface area contributed by atoms with Crippen molar-refractivity contribution in [2.45, 2.75) is 94.4 Å². The van der Waals surface area contributed by atoms with Gasteiger partial charge in [0, 0.05) is 22.4 Å². The maximum atomic E-state index is 5.59. The van der Waals surface area contributed by atoms with E-state index in [0.29, 0.717) is 0 Å². The number of nitrogens with two attached hydrogens (primary N) is 1. The van der Waals surface area contributed by atoms with Crippen molar-refractivity contribution in [1.29, 1.82) is 0 Å². The summed E-state index contributed by atoms with van der Waals surface area (Å²) in [6, 6.07) is 43.6. The molecule has 0 radical (unpaired) electrons. The molecule has 0 atom stereocenters. The summed E-state index contributed by atoms with van der Waals surface area (Å²) in [6.45, 7) is 19.2. The van der Waals surface area contributed by atoms with Crippen LogP contribution < -0.4 is 10.6 Å². The van der Waals surface area contributed by atoms with Crippen LogP contribution in [-0.4, -0.2) is 0 Å². The van der Waals surface area contributed by atoms with Crippen LogP contribution in [0.5, 0.6) is 0 Å². The fraction of sp³-hybridized carbons (Fsp3) is 0.269. The number of anilines is 4. The largest absolute Gasteiger partial charge is 0.399 e. The van der Waals surface area contributed by atoms with Gasteiger partial charge in [0.1, 0.15) is 0 Å². The Labute approximate surface area is 326 Å². The van der Waals surface area contributed by atoms with Crippen LogP contribution in [0.25, 0.3) is 32.3 Å². The van der Waals surface area contributed by atoms with Gasteiger partial charge in [-0.1, -0.05) is 161 Å². The summed E-state index contributed by atoms with van der Waals surface area (Å²) in [5.41, 5.74) is 16.4. The second-order valence-electron chi connectivity index (χ2n) is 14.4. The fourth-order valence-electron chi connectivity index (χ4n) is 6.47. The van der Waals surface area contributed by atoms with Crippen LogP contribution in [-0.2, 0) is 0 Å². The Kier molecular flexibility index (Phi) is 15.9. The van der Waals surface area contributed by atoms with E-state index in [1.165, 1.54) is 104 Å². The van der Waals surface area contributed by atoms with Gasteiger partial charge in [0.15, 0.2) is 0 Å². The molecule has 0 bridgehead atoms. The van der Waals surface area contributed by atoms with Crippen LogP contribution in [0.4, 0.5) is 22.7 Å². The average molecular weight is 715 g/mol. The average Bonchev–Trinajstić information content (AvgIpc) is 3.18. The van der Waals surface area contributed by atoms with Crippen LogP contribution in [0.1, 0.15) is 89.0 Å². The van der Waals surface area contributed by atoms with Crippen LogP contribution in [0, 0.1) is 27.7 Å². The van der Waals surface area contributed by atoms with Crippen molar-refractivity contribution >= 4 is 55.1 Å². The number of nitrogens with zero attached hydrogens (tertiary/aromatic N) is 1. The Bertz CT molecular complexity index is 2260. The number of nitrogen functional groups attached to an aromatic ring is 1. The van der Waals surface area contributed by atoms with Crippen molar-refractivity contribution in [2.75, 3.05) is 10.6 Å². The first-order valence-electron chi connectivity index (χ1n) is 19.9. The van der Waals surface area contributed by atoms with E-state index in [2.05, 4.69) is 188 Å². The highest BCUT2D eigenvalue weighted by Gasteiger charge is 2.18. The molecule has 54 heavy (non-hydrogen) atoms. The molecule has 0 aromatic heterocycles. The second-order valence-corrected chi connectivity index (χ2v) is 14.4. The molecule has 7 aromatic carbocycles. The fourth-order valence-corrected chi connectivity index (χ4v) is 6.47. The molecule has 2 nitrogen and oxygen atoms in total. The van der Waals surface area contributed by atoms with E-state index in [0.717, 1.165) is 11.3 Å². The maximum Gasteiger partial charge on any atom is 0.0540 e. The van der Waals surface area contributed by atoms with E-state index >= 15 is 0 Å². The van der Waals surface area contributed by atoms with Gasteiger partial charge in [-0.15, -0.1) is 0 Å². The predicted octanol–water partition coefficient (Wildman–Crippen LogP) is 16.1. The standard InChI is InChI=1S/C30H23N.C8H11N.C7H10.C4H10.C3H8/c1-20-7-6-10-25(19-20)31(24-8-4-3-5-9-24)28-18-15-23-13-16-26-21(2)11-12-22-14-17-27(28)30(23)29(22)26;1-6-3-4-8(9)7(2)5-6;1-7-5-3-2-4-6-7;1-3-4-2;1-3-2/h3-19H,1-2H3;3-5H,9H2,1-2H3;3,5-6H,2,4H2,1H3;3-4H2,1-2H3;3H2,1-2H3. The molecule has 0 saturated carbocycles. The van der Waals surface area contributed by atoms with Gasteiger partial charge in [0.2, 0.25) is 0 Å². The summed E-state index contributed by atoms with van der Waals surface area (Å²) in [5, 5.41) is 7.94. The number of hydrogen-bond acceptors (Lipinski definition) is 2. The van der Waals surface area contributed by atoms with Crippen molar-refractivity contribution < 1.29 is 0 Å². The first-order chi connectivity index (χ1) is 26.1. The highest BCUT2D eigenvalue weighted by atomic mass is 15.1. The number of benzene rings is 7. The smallest absolute Gasteiger partial charge is 0.0540 e. The molecule has 0 amide bonds. The third-order valence-corrected chi connectivity index (χ3v) is 9.48. The molecule has 1 aliphatic rings. The molecule has 0 spiro atoms. The van der Waals surface area contributed by atoms with Crippen molar-refractivity contribution in [3.63, 3.8) is 0 Å². The number of rotatable bonds is 4. The molecular formula is C52H62N2. The molecule has 7 aromatic rings. The lowest BCUT2D eigenvalue weighted by molar-refractivity contribution is 0.886. The highest BCUT2D eigenvalue weighted by Crippen LogP contribution is 2.44. The molecule has 280 valence electrons. The Morgan fingerprint density at radius 3 is 1.69 bits per heavy atom. The third kappa shape index (κ3) is 10.9. The van der Waals surface area contributed by atoms with Crippen LogP contribution in [0.2, 0.25) is 0 Å². The summed E-state index contributed by atoms with van der Waals surface area (Å²) in [4.78, 5) is 2.38. The normalized spacial score (nSPS) is 11.6. The van der Waals surface area contributed by atoms with Gasteiger partial charge < -0.3 is 10.6 Å². The topological polar surface area (TPSA) is 29.3 Å². The van der Waals surface area contributed by atoms with Gasteiger partial charge in [0.25, 0.3) is 0 Å². The Hall–Kier alpha value is -5.34. The molecule has 0 saturated heterocycles. The molecule has 2 N–H and O–H groups in total. The highest BCUT2D eigenvalue weighted by molar-refractivity contribution is 6.26. The van der Waals surface area contributed by atoms with Gasteiger partial charge in [0.05, 0.1) is 5.69 Å². The Balaban J connectivity index is 0.000000230. The molecule has 2 heteroatoms. The monoisotopic (exact) mass is 714 g/mol. The van der Waals surface area contributed by atoms with Crippen molar-refractivity contribution in [2.24, 2.45) is 0 Å². The minimum Gasteiger partial charge on any atom is -0.399 e. The van der Waals surface area contributed by atoms with E-state index in [1.54, 1.807) is 0 Å². The van der Waals surface area contributed by atoms with Gasteiger partial charge in [-0.3, -0.25) is 0 Å². The lowest BCUT2D eigenvalue weighted by atomic mass is 9.91. The summed E-state index contributed by atoms with van der Waals surface area (Å²) in [5.74, 6) is 0. The molecule has 0 heterocycles. The third-order valence-electron chi connectivity index (χ3n) is 9.48. The van der Waals surface area contributed by atoms with Gasteiger partial charge >= 0.3 is 0 Å². The Morgan fingerprint density at radius 2 is 1.13 bits per heavy atom. The number of para-hydroxylation sites is 1. The predicted molar refractivity (Wildman–Crippen MR) is 243 cm³/mol. The number of hydrogen-bond donors (Lipinski definition) is 1. The summed E-state index contributed by atoms with van der Waals surface area (Å²) in [7, 11) is 0. The van der Waals surface area contributed by atoms with E-state index < -0.39 is 0 Å². The molecule has 0 fully saturated rings. The zero-order chi connectivity index (χ0) is 39.0. The molecule has 0 unspecified atom stereocenters. The second kappa shape index (κ2) is 20.8. The minimum atomic E-state index is 0.876. The van der Waals surface area contributed by atoms with Crippen LogP contribution >= 0.6 is 0 Å². The first-order valence-corrected chi connectivity index (χ1v) is 19.9. The minimum absolute atomic E-state index is 0.876. The first kappa shape index (κ1) is 41.4. The van der Waals surface area contributed by atoms with Gasteiger partial charge in [-0.25, -0.2) is 0 Å². The number of unbranched alkanes of at least 4 members (excludes halogenated alkanes) is 1. The van der Waals surface area contributed by atoms with Crippen LogP contribution in [0.3, 0.4) is 0 Å². The van der Waals surface area contributed by atoms with Crippen molar-refractivity contribution in [3.8, 4) is 0 Å². The quantitative estimate of drug-likeness (QED) is 0.145. The van der Waals surface area contributed by atoms with E-state index in [4.69, 9.17) is 5.73 Å². The molecule has 1 aliphatic carbocycles. The van der Waals surface area contributed by atoms with E-state index in [-0.39, 0.29) is 0 Å². The lowest BCUT2D eigenvalue weighted by Gasteiger charge is -2.28. The van der Waals surface area contributed by atoms with Gasteiger partial charge in [-0.2, -0.15) is 0 Å². The van der Waals surface area contributed by atoms with Crippen molar-refractivity contribution in [1.82, 2.24) is 0 Å².